The van der Waals surface area contributed by atoms with Crippen LogP contribution in [0.15, 0.2) is 30.3 Å². The lowest BCUT2D eigenvalue weighted by atomic mass is 10.1. The van der Waals surface area contributed by atoms with Gasteiger partial charge < -0.3 is 19.6 Å². The summed E-state index contributed by atoms with van der Waals surface area (Å²) in [5.41, 5.74) is 2.03. The molecule has 1 fully saturated rings. The Morgan fingerprint density at radius 1 is 1.26 bits per heavy atom. The van der Waals surface area contributed by atoms with E-state index in [0.29, 0.717) is 0 Å². The standard InChI is InChI=1S/C17H22N2O4/c1-13(17(21)22)18(2)16(20)8-5-14-3-6-15(7-4-14)19-9-11-23-12-10-19/h3-8,13H,9-12H2,1-2H3,(H,21,22). The van der Waals surface area contributed by atoms with Gasteiger partial charge in [0.05, 0.1) is 13.2 Å². The van der Waals surface area contributed by atoms with Crippen LogP contribution in [-0.4, -0.2) is 61.3 Å². The maximum absolute atomic E-state index is 11.9. The van der Waals surface area contributed by atoms with Crippen molar-refractivity contribution in [1.82, 2.24) is 4.90 Å². The van der Waals surface area contributed by atoms with Crippen LogP contribution in [0, 0.1) is 0 Å². The van der Waals surface area contributed by atoms with Crippen molar-refractivity contribution in [2.24, 2.45) is 0 Å². The van der Waals surface area contributed by atoms with Crippen LogP contribution in [0.2, 0.25) is 0 Å². The van der Waals surface area contributed by atoms with Gasteiger partial charge >= 0.3 is 5.97 Å². The SMILES string of the molecule is CC(C(=O)O)N(C)C(=O)C=Cc1ccc(N2CCOCC2)cc1. The zero-order chi connectivity index (χ0) is 16.8. The number of carboxylic acid groups (broad SMARTS) is 1. The molecular weight excluding hydrogens is 296 g/mol. The zero-order valence-corrected chi connectivity index (χ0v) is 13.4. The van der Waals surface area contributed by atoms with Crippen molar-refractivity contribution in [3.8, 4) is 0 Å². The lowest BCUT2D eigenvalue weighted by Gasteiger charge is -2.28. The predicted molar refractivity (Wildman–Crippen MR) is 88.4 cm³/mol. The zero-order valence-electron chi connectivity index (χ0n) is 13.4. The summed E-state index contributed by atoms with van der Waals surface area (Å²) < 4.78 is 5.33. The highest BCUT2D eigenvalue weighted by Gasteiger charge is 2.19. The van der Waals surface area contributed by atoms with Gasteiger partial charge in [0.25, 0.3) is 0 Å². The van der Waals surface area contributed by atoms with Crippen molar-refractivity contribution in [2.75, 3.05) is 38.3 Å². The topological polar surface area (TPSA) is 70.1 Å². The van der Waals surface area contributed by atoms with Crippen molar-refractivity contribution in [3.63, 3.8) is 0 Å². The van der Waals surface area contributed by atoms with E-state index in [4.69, 9.17) is 9.84 Å². The van der Waals surface area contributed by atoms with Crippen LogP contribution < -0.4 is 4.90 Å². The summed E-state index contributed by atoms with van der Waals surface area (Å²) in [4.78, 5) is 26.3. The fourth-order valence-electron chi connectivity index (χ4n) is 2.26. The number of rotatable bonds is 5. The minimum Gasteiger partial charge on any atom is -0.480 e. The van der Waals surface area contributed by atoms with Crippen LogP contribution in [0.5, 0.6) is 0 Å². The number of carbonyl (C=O) groups is 2. The second-order valence-electron chi connectivity index (χ2n) is 5.49. The molecule has 0 spiro atoms. The molecule has 0 aliphatic carbocycles. The third-order valence-electron chi connectivity index (χ3n) is 3.97. The molecule has 6 heteroatoms. The van der Waals surface area contributed by atoms with E-state index in [9.17, 15) is 9.59 Å². The summed E-state index contributed by atoms with van der Waals surface area (Å²) in [6.07, 6.45) is 3.08. The summed E-state index contributed by atoms with van der Waals surface area (Å²) in [5, 5.41) is 8.91. The first kappa shape index (κ1) is 17.0. The Kier molecular flexibility index (Phi) is 5.76. The number of aliphatic carboxylic acids is 1. The number of ether oxygens (including phenoxy) is 1. The minimum absolute atomic E-state index is 0.336. The Labute approximate surface area is 136 Å². The summed E-state index contributed by atoms with van der Waals surface area (Å²) in [6.45, 7) is 4.72. The Hall–Kier alpha value is -2.34. The van der Waals surface area contributed by atoms with E-state index in [1.165, 1.54) is 24.9 Å². The summed E-state index contributed by atoms with van der Waals surface area (Å²) in [5.74, 6) is -1.36. The fraction of sp³-hybridized carbons (Fsp3) is 0.412. The molecule has 1 aliphatic rings. The molecule has 1 aliphatic heterocycles. The molecule has 1 N–H and O–H groups in total. The van der Waals surface area contributed by atoms with Crippen molar-refractivity contribution in [1.29, 1.82) is 0 Å². The van der Waals surface area contributed by atoms with Crippen LogP contribution >= 0.6 is 0 Å². The second kappa shape index (κ2) is 7.78. The number of amides is 1. The number of hydrogen-bond acceptors (Lipinski definition) is 4. The maximum Gasteiger partial charge on any atom is 0.326 e. The quantitative estimate of drug-likeness (QED) is 0.833. The molecule has 0 bridgehead atoms. The normalized spacial score (nSPS) is 16.3. The van der Waals surface area contributed by atoms with E-state index in [1.54, 1.807) is 6.08 Å². The van der Waals surface area contributed by atoms with Crippen LogP contribution in [-0.2, 0) is 14.3 Å². The Bertz CT molecular complexity index is 577. The van der Waals surface area contributed by atoms with Crippen LogP contribution in [0.3, 0.4) is 0 Å². The molecule has 1 amide bonds. The first-order chi connectivity index (χ1) is 11.0. The summed E-state index contributed by atoms with van der Waals surface area (Å²) in [6, 6.07) is 7.05. The maximum atomic E-state index is 11.9. The molecule has 0 aromatic heterocycles. The Balaban J connectivity index is 1.97. The number of likely N-dealkylation sites (N-methyl/N-ethyl adjacent to an activating group) is 1. The highest BCUT2D eigenvalue weighted by Crippen LogP contribution is 2.17. The third kappa shape index (κ3) is 4.56. The average Bonchev–Trinajstić information content (AvgIpc) is 2.59. The predicted octanol–water partition coefficient (Wildman–Crippen LogP) is 1.47. The van der Waals surface area contributed by atoms with Gasteiger partial charge in [-0.2, -0.15) is 0 Å². The Morgan fingerprint density at radius 3 is 2.43 bits per heavy atom. The van der Waals surface area contributed by atoms with Gasteiger partial charge in [-0.1, -0.05) is 12.1 Å². The first-order valence-corrected chi connectivity index (χ1v) is 7.59. The molecule has 124 valence electrons. The van der Waals surface area contributed by atoms with E-state index < -0.39 is 12.0 Å². The molecule has 0 saturated carbocycles. The highest BCUT2D eigenvalue weighted by atomic mass is 16.5. The second-order valence-corrected chi connectivity index (χ2v) is 5.49. The Morgan fingerprint density at radius 2 is 1.87 bits per heavy atom. The highest BCUT2D eigenvalue weighted by molar-refractivity contribution is 5.94. The number of carboxylic acids is 1. The molecular formula is C17H22N2O4. The smallest absolute Gasteiger partial charge is 0.326 e. The number of anilines is 1. The third-order valence-corrected chi connectivity index (χ3v) is 3.97. The van der Waals surface area contributed by atoms with E-state index >= 15 is 0 Å². The molecule has 1 saturated heterocycles. The molecule has 1 aromatic carbocycles. The molecule has 1 aromatic rings. The monoisotopic (exact) mass is 318 g/mol. The summed E-state index contributed by atoms with van der Waals surface area (Å²) >= 11 is 0. The van der Waals surface area contributed by atoms with Crippen molar-refractivity contribution in [2.45, 2.75) is 13.0 Å². The van der Waals surface area contributed by atoms with E-state index in [2.05, 4.69) is 4.90 Å². The van der Waals surface area contributed by atoms with Gasteiger partial charge in [0.15, 0.2) is 0 Å². The van der Waals surface area contributed by atoms with Crippen molar-refractivity contribution < 1.29 is 19.4 Å². The molecule has 23 heavy (non-hydrogen) atoms. The minimum atomic E-state index is -1.02. The number of nitrogens with zero attached hydrogens (tertiary/aromatic N) is 2. The lowest BCUT2D eigenvalue weighted by Crippen LogP contribution is -2.39. The number of hydrogen-bond donors (Lipinski definition) is 1. The summed E-state index contributed by atoms with van der Waals surface area (Å²) in [7, 11) is 1.48. The number of benzene rings is 1. The van der Waals surface area contributed by atoms with Crippen LogP contribution in [0.4, 0.5) is 5.69 Å². The van der Waals surface area contributed by atoms with Crippen molar-refractivity contribution in [3.05, 3.63) is 35.9 Å². The van der Waals surface area contributed by atoms with Gasteiger partial charge in [0, 0.05) is 31.9 Å². The van der Waals surface area contributed by atoms with E-state index in [0.717, 1.165) is 37.6 Å². The average molecular weight is 318 g/mol. The molecule has 0 radical (unpaired) electrons. The molecule has 6 nitrogen and oxygen atoms in total. The van der Waals surface area contributed by atoms with Gasteiger partial charge in [-0.05, 0) is 30.7 Å². The van der Waals surface area contributed by atoms with Crippen LogP contribution in [0.1, 0.15) is 12.5 Å². The van der Waals surface area contributed by atoms with Gasteiger partial charge in [-0.15, -0.1) is 0 Å². The molecule has 2 rings (SSSR count). The molecule has 1 atom stereocenters. The van der Waals surface area contributed by atoms with Gasteiger partial charge in [-0.3, -0.25) is 4.79 Å². The van der Waals surface area contributed by atoms with Crippen molar-refractivity contribution >= 4 is 23.6 Å². The molecule has 1 unspecified atom stereocenters. The largest absolute Gasteiger partial charge is 0.480 e. The van der Waals surface area contributed by atoms with Crippen LogP contribution in [0.25, 0.3) is 6.08 Å². The van der Waals surface area contributed by atoms with Gasteiger partial charge in [0.1, 0.15) is 6.04 Å². The number of carbonyl (C=O) groups excluding carboxylic acids is 1. The van der Waals surface area contributed by atoms with Gasteiger partial charge in [0.2, 0.25) is 5.91 Å². The van der Waals surface area contributed by atoms with Gasteiger partial charge in [-0.25, -0.2) is 4.79 Å². The van der Waals surface area contributed by atoms with E-state index in [1.807, 2.05) is 24.3 Å². The van der Waals surface area contributed by atoms with E-state index in [-0.39, 0.29) is 5.91 Å². The number of morpholine rings is 1. The molecule has 1 heterocycles. The fourth-order valence-corrected chi connectivity index (χ4v) is 2.26. The lowest BCUT2D eigenvalue weighted by molar-refractivity contribution is -0.146. The first-order valence-electron chi connectivity index (χ1n) is 7.59.